The fourth-order valence-corrected chi connectivity index (χ4v) is 2.83. The molecule has 0 heterocycles. The molecule has 0 radical (unpaired) electrons. The molecule has 0 amide bonds. The molecule has 98 valence electrons. The molecule has 3 unspecified atom stereocenters. The highest BCUT2D eigenvalue weighted by Crippen LogP contribution is 2.37. The van der Waals surface area contributed by atoms with Gasteiger partial charge < -0.3 is 0 Å². The summed E-state index contributed by atoms with van der Waals surface area (Å²) in [4.78, 5) is 0. The molecule has 0 nitrogen and oxygen atoms in total. The minimum Gasteiger partial charge on any atom is -0.138 e. The van der Waals surface area contributed by atoms with Crippen LogP contribution in [0.3, 0.4) is 0 Å². The molecule has 0 aromatic heterocycles. The highest BCUT2D eigenvalue weighted by Gasteiger charge is 2.27. The van der Waals surface area contributed by atoms with Crippen LogP contribution < -0.4 is 0 Å². The fourth-order valence-electron chi connectivity index (χ4n) is 2.55. The Morgan fingerprint density at radius 2 is 1.65 bits per heavy atom. The van der Waals surface area contributed by atoms with Gasteiger partial charge in [0, 0.05) is 0 Å². The van der Waals surface area contributed by atoms with E-state index in [9.17, 15) is 0 Å². The summed E-state index contributed by atoms with van der Waals surface area (Å²) >= 11 is 0. The summed E-state index contributed by atoms with van der Waals surface area (Å²) < 4.78 is 0. The summed E-state index contributed by atoms with van der Waals surface area (Å²) in [5.41, 5.74) is 0.412. The Kier molecular flexibility index (Phi) is 7.12. The van der Waals surface area contributed by atoms with Gasteiger partial charge in [-0.3, -0.25) is 0 Å². The number of hydrogen-bond acceptors (Lipinski definition) is 0. The predicted octanol–water partition coefficient (Wildman–Crippen LogP) is 5.36. The SMILES string of the molecule is CC1C=CC=CC1(C)CCCCCCCCP. The van der Waals surface area contributed by atoms with Crippen molar-refractivity contribution in [3.63, 3.8) is 0 Å². The summed E-state index contributed by atoms with van der Waals surface area (Å²) in [6.07, 6.45) is 20.2. The molecule has 1 rings (SSSR count). The fraction of sp³-hybridized carbons (Fsp3) is 0.750. The van der Waals surface area contributed by atoms with Crippen LogP contribution in [0.5, 0.6) is 0 Å². The quantitative estimate of drug-likeness (QED) is 0.403. The summed E-state index contributed by atoms with van der Waals surface area (Å²) in [5.74, 6) is 0.699. The summed E-state index contributed by atoms with van der Waals surface area (Å²) in [5, 5.41) is 0. The lowest BCUT2D eigenvalue weighted by Crippen LogP contribution is -2.23. The van der Waals surface area contributed by atoms with Crippen LogP contribution in [0.2, 0.25) is 0 Å². The molecule has 1 aliphatic carbocycles. The third-order valence-electron chi connectivity index (χ3n) is 4.20. The number of allylic oxidation sites excluding steroid dienone is 4. The predicted molar refractivity (Wildman–Crippen MR) is 82.4 cm³/mol. The third-order valence-corrected chi connectivity index (χ3v) is 4.61. The first-order valence-corrected chi connectivity index (χ1v) is 8.07. The van der Waals surface area contributed by atoms with E-state index in [2.05, 4.69) is 47.4 Å². The van der Waals surface area contributed by atoms with Gasteiger partial charge in [-0.25, -0.2) is 0 Å². The van der Waals surface area contributed by atoms with Gasteiger partial charge in [0.05, 0.1) is 0 Å². The zero-order valence-corrected chi connectivity index (χ0v) is 12.8. The number of unbranched alkanes of at least 4 members (excludes halogenated alkanes) is 5. The third kappa shape index (κ3) is 5.38. The van der Waals surface area contributed by atoms with Gasteiger partial charge in [0.1, 0.15) is 0 Å². The average molecular weight is 252 g/mol. The van der Waals surface area contributed by atoms with E-state index in [1.165, 1.54) is 51.1 Å². The van der Waals surface area contributed by atoms with E-state index in [-0.39, 0.29) is 0 Å². The zero-order valence-electron chi connectivity index (χ0n) is 11.6. The van der Waals surface area contributed by atoms with Gasteiger partial charge in [0.2, 0.25) is 0 Å². The molecule has 3 atom stereocenters. The van der Waals surface area contributed by atoms with E-state index in [1.807, 2.05) is 0 Å². The van der Waals surface area contributed by atoms with Crippen molar-refractivity contribution in [2.45, 2.75) is 58.8 Å². The van der Waals surface area contributed by atoms with Crippen LogP contribution in [0.25, 0.3) is 0 Å². The molecule has 0 bridgehead atoms. The van der Waals surface area contributed by atoms with E-state index in [1.54, 1.807) is 0 Å². The van der Waals surface area contributed by atoms with Crippen molar-refractivity contribution in [1.82, 2.24) is 0 Å². The van der Waals surface area contributed by atoms with Crippen molar-refractivity contribution < 1.29 is 0 Å². The maximum atomic E-state index is 2.82. The molecule has 0 aromatic carbocycles. The minimum atomic E-state index is 0.412. The highest BCUT2D eigenvalue weighted by atomic mass is 31.0. The molecule has 0 fully saturated rings. The first kappa shape index (κ1) is 15.0. The first-order valence-electron chi connectivity index (χ1n) is 7.25. The Balaban J connectivity index is 2.10. The molecular formula is C16H29P. The second kappa shape index (κ2) is 8.09. The van der Waals surface area contributed by atoms with Crippen molar-refractivity contribution in [3.05, 3.63) is 24.3 Å². The lowest BCUT2D eigenvalue weighted by atomic mass is 9.72. The summed E-state index contributed by atoms with van der Waals surface area (Å²) in [7, 11) is 2.82. The lowest BCUT2D eigenvalue weighted by Gasteiger charge is -2.33. The molecule has 0 aliphatic heterocycles. The molecule has 0 N–H and O–H groups in total. The van der Waals surface area contributed by atoms with Crippen LogP contribution in [0.15, 0.2) is 24.3 Å². The van der Waals surface area contributed by atoms with Crippen LogP contribution in [0, 0.1) is 11.3 Å². The van der Waals surface area contributed by atoms with E-state index >= 15 is 0 Å². The minimum absolute atomic E-state index is 0.412. The summed E-state index contributed by atoms with van der Waals surface area (Å²) in [6, 6.07) is 0. The Morgan fingerprint density at radius 3 is 2.29 bits per heavy atom. The molecule has 0 spiro atoms. The molecular weight excluding hydrogens is 223 g/mol. The molecule has 17 heavy (non-hydrogen) atoms. The van der Waals surface area contributed by atoms with E-state index in [4.69, 9.17) is 0 Å². The van der Waals surface area contributed by atoms with Crippen molar-refractivity contribution in [2.75, 3.05) is 6.16 Å². The number of hydrogen-bond donors (Lipinski definition) is 0. The monoisotopic (exact) mass is 252 g/mol. The molecule has 0 saturated carbocycles. The average Bonchev–Trinajstić information content (AvgIpc) is 2.32. The van der Waals surface area contributed by atoms with Crippen LogP contribution >= 0.6 is 9.24 Å². The Bertz CT molecular complexity index is 254. The molecule has 0 aromatic rings. The lowest BCUT2D eigenvalue weighted by molar-refractivity contribution is 0.287. The Hall–Kier alpha value is -0.0900. The molecule has 0 saturated heterocycles. The van der Waals surface area contributed by atoms with Gasteiger partial charge in [-0.05, 0) is 30.3 Å². The normalized spacial score (nSPS) is 27.6. The van der Waals surface area contributed by atoms with Crippen molar-refractivity contribution in [3.8, 4) is 0 Å². The summed E-state index contributed by atoms with van der Waals surface area (Å²) in [6.45, 7) is 4.75. The zero-order chi connectivity index (χ0) is 12.6. The second-order valence-corrected chi connectivity index (χ2v) is 6.28. The van der Waals surface area contributed by atoms with E-state index < -0.39 is 0 Å². The van der Waals surface area contributed by atoms with Crippen LogP contribution in [0.1, 0.15) is 58.8 Å². The van der Waals surface area contributed by atoms with Gasteiger partial charge in [-0.2, -0.15) is 0 Å². The van der Waals surface area contributed by atoms with Gasteiger partial charge in [0.15, 0.2) is 0 Å². The first-order chi connectivity index (χ1) is 8.19. The highest BCUT2D eigenvalue weighted by molar-refractivity contribution is 7.16. The number of rotatable bonds is 8. The van der Waals surface area contributed by atoms with Gasteiger partial charge >= 0.3 is 0 Å². The maximum Gasteiger partial charge on any atom is -0.00832 e. The van der Waals surface area contributed by atoms with Crippen molar-refractivity contribution in [2.24, 2.45) is 11.3 Å². The van der Waals surface area contributed by atoms with Crippen LogP contribution in [-0.4, -0.2) is 6.16 Å². The molecule has 1 heteroatoms. The van der Waals surface area contributed by atoms with Gasteiger partial charge in [0.25, 0.3) is 0 Å². The van der Waals surface area contributed by atoms with Crippen molar-refractivity contribution >= 4 is 9.24 Å². The molecule has 1 aliphatic rings. The Labute approximate surface area is 110 Å². The topological polar surface area (TPSA) is 0 Å². The van der Waals surface area contributed by atoms with Crippen molar-refractivity contribution in [1.29, 1.82) is 0 Å². The maximum absolute atomic E-state index is 2.82. The standard InChI is InChI=1S/C16H29P/c1-15-11-7-9-13-16(15,2)12-8-5-3-4-6-10-14-17/h7,9,11,13,15H,3-6,8,10,12,14,17H2,1-2H3. The van der Waals surface area contributed by atoms with Gasteiger partial charge in [-0.1, -0.05) is 70.3 Å². The Morgan fingerprint density at radius 1 is 1.00 bits per heavy atom. The second-order valence-electron chi connectivity index (χ2n) is 5.70. The van der Waals surface area contributed by atoms with Crippen LogP contribution in [0.4, 0.5) is 0 Å². The largest absolute Gasteiger partial charge is 0.138 e. The van der Waals surface area contributed by atoms with Gasteiger partial charge in [-0.15, -0.1) is 9.24 Å². The van der Waals surface area contributed by atoms with Crippen LogP contribution in [-0.2, 0) is 0 Å². The van der Waals surface area contributed by atoms with E-state index in [0.29, 0.717) is 11.3 Å². The van der Waals surface area contributed by atoms with E-state index in [0.717, 1.165) is 0 Å². The smallest absolute Gasteiger partial charge is 0.00832 e.